The molecule has 0 unspecified atom stereocenters. The van der Waals surface area contributed by atoms with E-state index in [9.17, 15) is 22.6 Å². The zero-order valence-electron chi connectivity index (χ0n) is 34.5. The highest BCUT2D eigenvalue weighted by molar-refractivity contribution is 7.85. The van der Waals surface area contributed by atoms with Crippen LogP contribution in [0.2, 0.25) is 0 Å². The van der Waals surface area contributed by atoms with Crippen LogP contribution in [-0.2, 0) is 19.6 Å². The molecule has 1 aromatic carbocycles. The molecule has 0 aliphatic carbocycles. The number of allylic oxidation sites excluding steroid dienone is 4. The highest BCUT2D eigenvalue weighted by Crippen LogP contribution is 2.20. The average molecular weight is 775 g/mol. The fraction of sp³-hybridized carbons (Fsp3) is 0.739. The Hall–Kier alpha value is -2.45. The Labute approximate surface area is 331 Å². The summed E-state index contributed by atoms with van der Waals surface area (Å²) < 4.78 is 43.8. The minimum Gasteiger partial charge on any atom is -0.462 e. The second kappa shape index (κ2) is 35.0. The maximum absolute atomic E-state index is 12.9. The summed E-state index contributed by atoms with van der Waals surface area (Å²) >= 11 is 0. The molecule has 0 radical (unpaired) electrons. The lowest BCUT2D eigenvalue weighted by Crippen LogP contribution is -2.16. The van der Waals surface area contributed by atoms with Gasteiger partial charge in [0.05, 0.1) is 29.2 Å². The van der Waals surface area contributed by atoms with Gasteiger partial charge in [0.2, 0.25) is 0 Å². The molecule has 54 heavy (non-hydrogen) atoms. The number of ether oxygens (including phenoxy) is 2. The largest absolute Gasteiger partial charge is 0.462 e. The summed E-state index contributed by atoms with van der Waals surface area (Å²) in [5.41, 5.74) is -0.308. The Balaban J connectivity index is 2.25. The summed E-state index contributed by atoms with van der Waals surface area (Å²) in [6, 6.07) is 3.26. The number of benzene rings is 1. The van der Waals surface area contributed by atoms with Crippen LogP contribution in [-0.4, -0.2) is 38.1 Å². The third-order valence-electron chi connectivity index (χ3n) is 10.0. The minimum absolute atomic E-state index is 0.0791. The van der Waals surface area contributed by atoms with Crippen LogP contribution in [0.3, 0.4) is 0 Å². The number of unbranched alkanes of at least 4 members (excludes halogenated alkanes) is 26. The lowest BCUT2D eigenvalue weighted by atomic mass is 10.1. The van der Waals surface area contributed by atoms with E-state index in [2.05, 4.69) is 38.2 Å². The van der Waals surface area contributed by atoms with Crippen LogP contribution in [0.4, 0.5) is 0 Å². The number of rotatable bonds is 37. The number of hydrogen-bond donors (Lipinski definition) is 1. The minimum atomic E-state index is -4.58. The zero-order valence-corrected chi connectivity index (χ0v) is 35.3. The number of carbonyl (C=O) groups is 2. The summed E-state index contributed by atoms with van der Waals surface area (Å²) in [4.78, 5) is 25.3. The van der Waals surface area contributed by atoms with Crippen molar-refractivity contribution in [2.24, 2.45) is 0 Å². The molecule has 8 heteroatoms. The number of carbonyl (C=O) groups excluding carboxylic acids is 2. The van der Waals surface area contributed by atoms with Gasteiger partial charge >= 0.3 is 11.9 Å². The van der Waals surface area contributed by atoms with Gasteiger partial charge in [0.15, 0.2) is 0 Å². The molecule has 0 heterocycles. The SMILES string of the molecule is CCCCCCCCCCCCC/C=C/CCCCOC(=O)c1ccc(S(=O)(=O)O)cc1C(=O)OCCCC/C=C/CCCCCCCCCCCCC. The lowest BCUT2D eigenvalue weighted by molar-refractivity contribution is 0.0451. The van der Waals surface area contributed by atoms with Gasteiger partial charge in [-0.15, -0.1) is 0 Å². The first-order chi connectivity index (χ1) is 26.3. The van der Waals surface area contributed by atoms with Crippen LogP contribution in [0, 0.1) is 0 Å². The van der Waals surface area contributed by atoms with Crippen molar-refractivity contribution in [2.75, 3.05) is 13.2 Å². The molecular formula is C46H78O7S. The van der Waals surface area contributed by atoms with Crippen LogP contribution in [0.5, 0.6) is 0 Å². The van der Waals surface area contributed by atoms with Crippen molar-refractivity contribution in [3.63, 3.8) is 0 Å². The monoisotopic (exact) mass is 775 g/mol. The summed E-state index contributed by atoms with van der Waals surface area (Å²) in [5, 5.41) is 0. The molecule has 7 nitrogen and oxygen atoms in total. The molecule has 0 saturated heterocycles. The van der Waals surface area contributed by atoms with E-state index in [4.69, 9.17) is 9.47 Å². The van der Waals surface area contributed by atoms with Crippen LogP contribution >= 0.6 is 0 Å². The topological polar surface area (TPSA) is 107 Å². The van der Waals surface area contributed by atoms with E-state index >= 15 is 0 Å². The van der Waals surface area contributed by atoms with Gasteiger partial charge in [-0.3, -0.25) is 4.55 Å². The zero-order chi connectivity index (χ0) is 39.4. The van der Waals surface area contributed by atoms with E-state index in [-0.39, 0.29) is 24.3 Å². The van der Waals surface area contributed by atoms with E-state index < -0.39 is 27.0 Å². The second-order valence-electron chi connectivity index (χ2n) is 15.0. The Kier molecular flexibility index (Phi) is 32.1. The van der Waals surface area contributed by atoms with E-state index in [1.54, 1.807) is 0 Å². The fourth-order valence-corrected chi connectivity index (χ4v) is 7.08. The molecule has 0 spiro atoms. The third-order valence-corrected chi connectivity index (χ3v) is 10.9. The van der Waals surface area contributed by atoms with Crippen molar-refractivity contribution in [3.05, 3.63) is 53.6 Å². The van der Waals surface area contributed by atoms with Gasteiger partial charge in [-0.05, 0) is 82.4 Å². The van der Waals surface area contributed by atoms with Gasteiger partial charge in [0, 0.05) is 0 Å². The Morgan fingerprint density at radius 3 is 1.15 bits per heavy atom. The lowest BCUT2D eigenvalue weighted by Gasteiger charge is -2.11. The van der Waals surface area contributed by atoms with Gasteiger partial charge < -0.3 is 9.47 Å². The normalized spacial score (nSPS) is 11.9. The first-order valence-corrected chi connectivity index (χ1v) is 23.5. The quantitative estimate of drug-likeness (QED) is 0.0310. The van der Waals surface area contributed by atoms with E-state index in [1.165, 1.54) is 147 Å². The third kappa shape index (κ3) is 28.0. The van der Waals surface area contributed by atoms with E-state index in [0.29, 0.717) is 12.8 Å². The molecule has 1 aromatic rings. The van der Waals surface area contributed by atoms with Gasteiger partial charge in [0.25, 0.3) is 10.1 Å². The maximum atomic E-state index is 12.9. The fourth-order valence-electron chi connectivity index (χ4n) is 6.57. The van der Waals surface area contributed by atoms with Crippen molar-refractivity contribution in [1.82, 2.24) is 0 Å². The van der Waals surface area contributed by atoms with E-state index in [1.807, 2.05) is 0 Å². The van der Waals surface area contributed by atoms with Crippen molar-refractivity contribution in [3.8, 4) is 0 Å². The van der Waals surface area contributed by atoms with Crippen LogP contribution in [0.1, 0.15) is 227 Å². The van der Waals surface area contributed by atoms with Gasteiger partial charge in [-0.25, -0.2) is 9.59 Å². The molecule has 0 bridgehead atoms. The molecule has 0 saturated carbocycles. The standard InChI is InChI=1S/C46H78O7S/c1-3-5-7-9-11-13-15-17-19-21-23-25-27-29-31-33-35-39-52-45(47)43-38-37-42(54(49,50)51)41-44(43)46(48)53-40-36-34-32-30-28-26-24-22-20-18-16-14-12-10-8-6-4-2/h27-30,37-38,41H,3-26,31-36,39-40H2,1-2H3,(H,49,50,51)/b29-27+,30-28+. The predicted octanol–water partition coefficient (Wildman–Crippen LogP) is 14.1. The summed E-state index contributed by atoms with van der Waals surface area (Å²) in [6.45, 7) is 4.85. The molecule has 1 rings (SSSR count). The molecule has 0 aromatic heterocycles. The predicted molar refractivity (Wildman–Crippen MR) is 225 cm³/mol. The second-order valence-corrected chi connectivity index (χ2v) is 16.5. The van der Waals surface area contributed by atoms with Crippen molar-refractivity contribution in [2.45, 2.75) is 211 Å². The molecule has 1 N–H and O–H groups in total. The molecular weight excluding hydrogens is 697 g/mol. The number of hydrogen-bond acceptors (Lipinski definition) is 6. The van der Waals surface area contributed by atoms with Crippen molar-refractivity contribution in [1.29, 1.82) is 0 Å². The number of esters is 2. The van der Waals surface area contributed by atoms with Crippen LogP contribution in [0.25, 0.3) is 0 Å². The summed E-state index contributed by atoms with van der Waals surface area (Å²) in [6.07, 6.45) is 45.4. The Morgan fingerprint density at radius 1 is 0.481 bits per heavy atom. The highest BCUT2D eigenvalue weighted by Gasteiger charge is 2.23. The summed E-state index contributed by atoms with van der Waals surface area (Å²) in [5.74, 6) is -1.54. The average Bonchev–Trinajstić information content (AvgIpc) is 3.16. The van der Waals surface area contributed by atoms with Crippen molar-refractivity contribution < 1.29 is 32.0 Å². The molecule has 0 aliphatic heterocycles. The Morgan fingerprint density at radius 2 is 0.796 bits per heavy atom. The van der Waals surface area contributed by atoms with Gasteiger partial charge in [-0.1, -0.05) is 167 Å². The molecule has 0 amide bonds. The molecule has 310 valence electrons. The molecule has 0 atom stereocenters. The smallest absolute Gasteiger partial charge is 0.339 e. The molecule has 0 aliphatic rings. The van der Waals surface area contributed by atoms with Gasteiger partial charge in [-0.2, -0.15) is 8.42 Å². The maximum Gasteiger partial charge on any atom is 0.339 e. The Bertz CT molecular complexity index is 1240. The van der Waals surface area contributed by atoms with Crippen molar-refractivity contribution >= 4 is 22.1 Å². The summed E-state index contributed by atoms with van der Waals surface area (Å²) in [7, 11) is -4.58. The first-order valence-electron chi connectivity index (χ1n) is 22.1. The van der Waals surface area contributed by atoms with Crippen LogP contribution < -0.4 is 0 Å². The van der Waals surface area contributed by atoms with E-state index in [0.717, 1.165) is 50.7 Å². The van der Waals surface area contributed by atoms with Crippen LogP contribution in [0.15, 0.2) is 47.4 Å². The first kappa shape index (κ1) is 49.6. The highest BCUT2D eigenvalue weighted by atomic mass is 32.2. The molecule has 0 fully saturated rings. The van der Waals surface area contributed by atoms with Gasteiger partial charge in [0.1, 0.15) is 0 Å².